The molecule has 1 atom stereocenters. The molecule has 0 aliphatic heterocycles. The van der Waals surface area contributed by atoms with Crippen LogP contribution < -0.4 is 10.9 Å². The lowest BCUT2D eigenvalue weighted by molar-refractivity contribution is -0.137. The molecule has 3 aromatic heterocycles. The summed E-state index contributed by atoms with van der Waals surface area (Å²) in [6.45, 7) is 4.74. The number of nitrogens with zero attached hydrogens (tertiary/aromatic N) is 5. The average molecular weight is 408 g/mol. The number of hydrogen-bond acceptors (Lipinski definition) is 5. The zero-order valence-electron chi connectivity index (χ0n) is 16.2. The summed E-state index contributed by atoms with van der Waals surface area (Å²) in [7, 11) is 1.64. The van der Waals surface area contributed by atoms with E-state index in [4.69, 9.17) is 0 Å². The van der Waals surface area contributed by atoms with E-state index in [2.05, 4.69) is 20.5 Å². The number of fused-ring (bicyclic) bond motifs is 1. The summed E-state index contributed by atoms with van der Waals surface area (Å²) in [4.78, 5) is 28.8. The van der Waals surface area contributed by atoms with E-state index in [1.165, 1.54) is 10.7 Å². The highest BCUT2D eigenvalue weighted by molar-refractivity contribution is 5.83. The maximum atomic E-state index is 12.7. The maximum absolute atomic E-state index is 12.7. The molecular formula is C18H19F3N6O2. The molecule has 29 heavy (non-hydrogen) atoms. The first-order valence-electron chi connectivity index (χ1n) is 8.72. The van der Waals surface area contributed by atoms with Crippen LogP contribution in [0.4, 0.5) is 13.2 Å². The topological polar surface area (TPSA) is 94.7 Å². The maximum Gasteiger partial charge on any atom is 0.417 e. The zero-order valence-corrected chi connectivity index (χ0v) is 16.2. The first kappa shape index (κ1) is 20.5. The standard InChI is InChI=1S/C18H19F3N6O2/c1-9(13-6-5-12(7-22-13)18(19,20)21)23-14(28)8-27-17(29)16-15(11(3)25-27)10(2)24-26(16)4/h5-7,9H,8H2,1-4H3,(H,23,28). The summed E-state index contributed by atoms with van der Waals surface area (Å²) in [6.07, 6.45) is -3.77. The number of halogens is 3. The summed E-state index contributed by atoms with van der Waals surface area (Å²) >= 11 is 0. The van der Waals surface area contributed by atoms with E-state index in [-0.39, 0.29) is 12.2 Å². The van der Waals surface area contributed by atoms with Gasteiger partial charge in [-0.2, -0.15) is 23.4 Å². The third kappa shape index (κ3) is 3.98. The minimum absolute atomic E-state index is 0.264. The van der Waals surface area contributed by atoms with Crippen LogP contribution in [0.3, 0.4) is 0 Å². The van der Waals surface area contributed by atoms with Gasteiger partial charge in [0.15, 0.2) is 0 Å². The Balaban J connectivity index is 1.78. The number of alkyl halides is 3. The van der Waals surface area contributed by atoms with Crippen LogP contribution in [0.5, 0.6) is 0 Å². The first-order valence-corrected chi connectivity index (χ1v) is 8.72. The van der Waals surface area contributed by atoms with Crippen molar-refractivity contribution in [3.63, 3.8) is 0 Å². The van der Waals surface area contributed by atoms with Crippen LogP contribution in [0.25, 0.3) is 10.9 Å². The molecule has 154 valence electrons. The second kappa shape index (κ2) is 7.30. The van der Waals surface area contributed by atoms with Gasteiger partial charge in [-0.3, -0.25) is 19.3 Å². The van der Waals surface area contributed by atoms with Crippen molar-refractivity contribution in [2.75, 3.05) is 0 Å². The van der Waals surface area contributed by atoms with Crippen LogP contribution in [-0.4, -0.2) is 30.5 Å². The SMILES string of the molecule is Cc1nn(CC(=O)NC(C)c2ccc(C(F)(F)F)cn2)c(=O)c2c1c(C)nn2C. The number of nitrogens with one attached hydrogen (secondary N) is 1. The van der Waals surface area contributed by atoms with E-state index in [0.29, 0.717) is 28.5 Å². The van der Waals surface area contributed by atoms with Gasteiger partial charge in [-0.1, -0.05) is 0 Å². The molecule has 1 unspecified atom stereocenters. The van der Waals surface area contributed by atoms with Gasteiger partial charge in [0.25, 0.3) is 5.56 Å². The minimum Gasteiger partial charge on any atom is -0.346 e. The second-order valence-electron chi connectivity index (χ2n) is 6.74. The molecule has 0 bridgehead atoms. The molecule has 1 amide bonds. The fourth-order valence-electron chi connectivity index (χ4n) is 3.17. The van der Waals surface area contributed by atoms with E-state index in [1.54, 1.807) is 27.8 Å². The Bertz CT molecular complexity index is 1130. The first-order chi connectivity index (χ1) is 13.5. The molecule has 3 heterocycles. The van der Waals surface area contributed by atoms with Crippen molar-refractivity contribution < 1.29 is 18.0 Å². The molecule has 0 radical (unpaired) electrons. The average Bonchev–Trinajstić information content (AvgIpc) is 2.93. The molecule has 3 aromatic rings. The Hall–Kier alpha value is -3.24. The summed E-state index contributed by atoms with van der Waals surface area (Å²) in [5.74, 6) is -0.522. The van der Waals surface area contributed by atoms with E-state index in [0.717, 1.165) is 10.7 Å². The van der Waals surface area contributed by atoms with Crippen molar-refractivity contribution in [1.29, 1.82) is 0 Å². The van der Waals surface area contributed by atoms with Gasteiger partial charge in [0.05, 0.1) is 34.1 Å². The molecular weight excluding hydrogens is 389 g/mol. The predicted molar refractivity (Wildman–Crippen MR) is 98.0 cm³/mol. The van der Waals surface area contributed by atoms with Gasteiger partial charge < -0.3 is 5.32 Å². The molecule has 0 spiro atoms. The van der Waals surface area contributed by atoms with Crippen molar-refractivity contribution in [3.8, 4) is 0 Å². The largest absolute Gasteiger partial charge is 0.417 e. The van der Waals surface area contributed by atoms with Crippen molar-refractivity contribution in [2.45, 2.75) is 39.5 Å². The van der Waals surface area contributed by atoms with Crippen LogP contribution in [0, 0.1) is 13.8 Å². The smallest absolute Gasteiger partial charge is 0.346 e. The lowest BCUT2D eigenvalue weighted by Gasteiger charge is -2.15. The number of rotatable bonds is 4. The number of hydrogen-bond donors (Lipinski definition) is 1. The van der Waals surface area contributed by atoms with Gasteiger partial charge in [-0.25, -0.2) is 4.68 Å². The van der Waals surface area contributed by atoms with Gasteiger partial charge in [0.2, 0.25) is 5.91 Å². The molecule has 11 heteroatoms. The van der Waals surface area contributed by atoms with Gasteiger partial charge in [0, 0.05) is 13.2 Å². The Labute approximate surface area is 163 Å². The summed E-state index contributed by atoms with van der Waals surface area (Å²) in [5, 5.41) is 11.7. The monoisotopic (exact) mass is 408 g/mol. The molecule has 8 nitrogen and oxygen atoms in total. The number of amides is 1. The zero-order chi connectivity index (χ0) is 21.5. The van der Waals surface area contributed by atoms with E-state index >= 15 is 0 Å². The highest BCUT2D eigenvalue weighted by Gasteiger charge is 2.31. The Kier molecular flexibility index (Phi) is 5.16. The summed E-state index contributed by atoms with van der Waals surface area (Å²) in [5.41, 5.74) is 0.523. The molecule has 0 aliphatic carbocycles. The van der Waals surface area contributed by atoms with Gasteiger partial charge in [-0.15, -0.1) is 0 Å². The third-order valence-electron chi connectivity index (χ3n) is 4.52. The van der Waals surface area contributed by atoms with Gasteiger partial charge >= 0.3 is 6.18 Å². The summed E-state index contributed by atoms with van der Waals surface area (Å²) < 4.78 is 40.4. The molecule has 0 fully saturated rings. The molecule has 0 aliphatic rings. The third-order valence-corrected chi connectivity index (χ3v) is 4.52. The molecule has 0 saturated heterocycles. The lowest BCUT2D eigenvalue weighted by atomic mass is 10.2. The molecule has 0 aromatic carbocycles. The van der Waals surface area contributed by atoms with Crippen molar-refractivity contribution in [1.82, 2.24) is 29.9 Å². The minimum atomic E-state index is -4.48. The van der Waals surface area contributed by atoms with Crippen LogP contribution >= 0.6 is 0 Å². The predicted octanol–water partition coefficient (Wildman–Crippen LogP) is 2.04. The Morgan fingerprint density at radius 2 is 1.86 bits per heavy atom. The van der Waals surface area contributed by atoms with Crippen molar-refractivity contribution >= 4 is 16.8 Å². The van der Waals surface area contributed by atoms with Gasteiger partial charge in [0.1, 0.15) is 12.1 Å². The fraction of sp³-hybridized carbons (Fsp3) is 0.389. The van der Waals surface area contributed by atoms with Crippen LogP contribution in [-0.2, 0) is 24.6 Å². The highest BCUT2D eigenvalue weighted by Crippen LogP contribution is 2.28. The van der Waals surface area contributed by atoms with Gasteiger partial charge in [-0.05, 0) is 32.9 Å². The van der Waals surface area contributed by atoms with E-state index < -0.39 is 29.2 Å². The molecule has 3 rings (SSSR count). The highest BCUT2D eigenvalue weighted by atomic mass is 19.4. The number of aryl methyl sites for hydroxylation is 3. The number of aromatic nitrogens is 5. The fourth-order valence-corrected chi connectivity index (χ4v) is 3.17. The van der Waals surface area contributed by atoms with Crippen molar-refractivity contribution in [2.24, 2.45) is 7.05 Å². The molecule has 0 saturated carbocycles. The van der Waals surface area contributed by atoms with Crippen molar-refractivity contribution in [3.05, 3.63) is 51.3 Å². The number of carbonyl (C=O) groups excluding carboxylic acids is 1. The Morgan fingerprint density at radius 3 is 2.45 bits per heavy atom. The van der Waals surface area contributed by atoms with Crippen LogP contribution in [0.2, 0.25) is 0 Å². The summed E-state index contributed by atoms with van der Waals surface area (Å²) in [6, 6.07) is 1.45. The van der Waals surface area contributed by atoms with E-state index in [9.17, 15) is 22.8 Å². The Morgan fingerprint density at radius 1 is 1.21 bits per heavy atom. The number of carbonyl (C=O) groups is 1. The second-order valence-corrected chi connectivity index (χ2v) is 6.74. The normalized spacial score (nSPS) is 12.9. The van der Waals surface area contributed by atoms with E-state index in [1.807, 2.05) is 0 Å². The lowest BCUT2D eigenvalue weighted by Crippen LogP contribution is -2.36. The van der Waals surface area contributed by atoms with Crippen LogP contribution in [0.1, 0.15) is 35.6 Å². The quantitative estimate of drug-likeness (QED) is 0.713. The molecule has 1 N–H and O–H groups in total. The number of pyridine rings is 1. The van der Waals surface area contributed by atoms with Crippen LogP contribution in [0.15, 0.2) is 23.1 Å².